The fourth-order valence-corrected chi connectivity index (χ4v) is 5.07. The number of nitrogens with zero attached hydrogens (tertiary/aromatic N) is 4. The largest absolute Gasteiger partial charge is 0.370 e. The van der Waals surface area contributed by atoms with Crippen LogP contribution in [0.3, 0.4) is 0 Å². The predicted molar refractivity (Wildman–Crippen MR) is 135 cm³/mol. The number of carbonyl (C=O) groups excluding carboxylic acids is 1. The molecule has 3 heterocycles. The average molecular weight is 483 g/mol. The number of hydrogen-bond acceptors (Lipinski definition) is 9. The third-order valence-electron chi connectivity index (χ3n) is 5.48. The van der Waals surface area contributed by atoms with E-state index in [9.17, 15) is 13.2 Å². The highest BCUT2D eigenvalue weighted by atomic mass is 32.2. The summed E-state index contributed by atoms with van der Waals surface area (Å²) in [6, 6.07) is 8.51. The van der Waals surface area contributed by atoms with Crippen molar-refractivity contribution in [1.29, 1.82) is 0 Å². The number of sulfone groups is 1. The maximum absolute atomic E-state index is 12.8. The van der Waals surface area contributed by atoms with Crippen molar-refractivity contribution in [2.75, 3.05) is 16.9 Å². The molecule has 4 rings (SSSR count). The third kappa shape index (κ3) is 5.48. The summed E-state index contributed by atoms with van der Waals surface area (Å²) >= 11 is 0. The van der Waals surface area contributed by atoms with E-state index in [1.54, 1.807) is 24.4 Å². The Balaban J connectivity index is 1.75. The van der Waals surface area contributed by atoms with E-state index >= 15 is 0 Å². The molecule has 172 valence electrons. The van der Waals surface area contributed by atoms with Gasteiger partial charge in [0, 0.05) is 30.3 Å². The summed E-state index contributed by atoms with van der Waals surface area (Å²) in [5.41, 5.74) is 1.45. The molecule has 1 aliphatic carbocycles. The number of carbonyl (C=O) groups is 1. The molecule has 3 aromatic rings. The number of nitrogens with one attached hydrogen (secondary N) is 3. The van der Waals surface area contributed by atoms with Crippen LogP contribution in [0.2, 0.25) is 0 Å². The van der Waals surface area contributed by atoms with Gasteiger partial charge in [-0.25, -0.2) is 18.4 Å². The molecule has 0 spiro atoms. The van der Waals surface area contributed by atoms with Gasteiger partial charge in [-0.1, -0.05) is 11.3 Å². The van der Waals surface area contributed by atoms with E-state index in [0.717, 1.165) is 5.56 Å². The lowest BCUT2D eigenvalue weighted by atomic mass is 9.49. The first kappa shape index (κ1) is 24.7. The second-order valence-electron chi connectivity index (χ2n) is 8.51. The molecule has 0 unspecified atom stereocenters. The number of hydrogen-bond donors (Lipinski definition) is 3. The first-order valence-corrected chi connectivity index (χ1v) is 12.5. The van der Waals surface area contributed by atoms with Gasteiger partial charge in [0.25, 0.3) is 5.91 Å². The summed E-state index contributed by atoms with van der Waals surface area (Å²) in [5.74, 6) is 0.245. The highest BCUT2D eigenvalue weighted by molar-refractivity contribution is 7.92. The highest BCUT2D eigenvalue weighted by Gasteiger charge is 2.55. The number of aryl methyl sites for hydroxylation is 1. The van der Waals surface area contributed by atoms with E-state index in [1.807, 2.05) is 13.0 Å². The minimum absolute atomic E-state index is 0.168. The molecule has 1 amide bonds. The van der Waals surface area contributed by atoms with Crippen LogP contribution in [0.25, 0.3) is 0 Å². The molecule has 14 heteroatoms. The highest BCUT2D eigenvalue weighted by Crippen LogP contribution is 2.54. The van der Waals surface area contributed by atoms with Gasteiger partial charge < -0.3 is 16.0 Å². The van der Waals surface area contributed by atoms with E-state index < -0.39 is 25.7 Å². The Kier molecular flexibility index (Phi) is 6.35. The fourth-order valence-electron chi connectivity index (χ4n) is 3.66. The number of anilines is 4. The molecule has 0 atom stereocenters. The van der Waals surface area contributed by atoms with Gasteiger partial charge in [-0.3, -0.25) is 4.79 Å². The van der Waals surface area contributed by atoms with Crippen molar-refractivity contribution in [3.63, 3.8) is 0 Å². The summed E-state index contributed by atoms with van der Waals surface area (Å²) in [7, 11) is 13.1. The van der Waals surface area contributed by atoms with Crippen LogP contribution in [-0.4, -0.2) is 69.5 Å². The minimum Gasteiger partial charge on any atom is -0.370 e. The standard InChI is InChI=1S/C21H20B3N7O3S/c1-12-5-9-25-15(10-12)28-16-11-14(17(31-30-16)19(32)29-21(22,23)24)27-18-13(4-3-8-26-18)20(6-7-20)35(2,33)34/h3-5,8-11H,6-7H2,1-2H3,(H,29,32)(H2,25,26,27,28,30). The van der Waals surface area contributed by atoms with E-state index in [2.05, 4.69) is 36.1 Å². The van der Waals surface area contributed by atoms with Crippen molar-refractivity contribution in [1.82, 2.24) is 25.5 Å². The molecule has 0 aromatic carbocycles. The molecule has 10 nitrogen and oxygen atoms in total. The van der Waals surface area contributed by atoms with E-state index in [4.69, 9.17) is 23.5 Å². The van der Waals surface area contributed by atoms with Gasteiger partial charge in [0.05, 0.1) is 29.2 Å². The SMILES string of the molecule is [B]C([B])([B])NC(=O)c1nnc(Nc2cc(C)ccn2)cc1Nc1ncccc1C1(S(C)(=O)=O)CC1. The second-order valence-corrected chi connectivity index (χ2v) is 10.8. The third-order valence-corrected chi connectivity index (χ3v) is 7.52. The van der Waals surface area contributed by atoms with Gasteiger partial charge in [-0.05, 0) is 43.5 Å². The number of amides is 1. The molecule has 35 heavy (non-hydrogen) atoms. The van der Waals surface area contributed by atoms with Crippen molar-refractivity contribution in [2.45, 2.75) is 29.7 Å². The number of rotatable bonds is 8. The number of pyridine rings is 2. The van der Waals surface area contributed by atoms with E-state index in [-0.39, 0.29) is 23.0 Å². The molecule has 3 N–H and O–H groups in total. The van der Waals surface area contributed by atoms with Crippen LogP contribution in [0, 0.1) is 6.92 Å². The van der Waals surface area contributed by atoms with Crippen LogP contribution >= 0.6 is 0 Å². The molecule has 1 aliphatic rings. The normalized spacial score (nSPS) is 14.7. The van der Waals surface area contributed by atoms with Crippen molar-refractivity contribution >= 4 is 62.4 Å². The van der Waals surface area contributed by atoms with Gasteiger partial charge in [0.2, 0.25) is 0 Å². The van der Waals surface area contributed by atoms with Crippen molar-refractivity contribution in [3.8, 4) is 0 Å². The Morgan fingerprint density at radius 3 is 2.40 bits per heavy atom. The Morgan fingerprint density at radius 2 is 1.77 bits per heavy atom. The average Bonchev–Trinajstić information content (AvgIpc) is 3.55. The monoisotopic (exact) mass is 483 g/mol. The molecule has 3 aromatic heterocycles. The van der Waals surface area contributed by atoms with Crippen LogP contribution < -0.4 is 16.0 Å². The molecule has 1 saturated carbocycles. The summed E-state index contributed by atoms with van der Waals surface area (Å²) in [6.45, 7) is 1.91. The van der Waals surface area contributed by atoms with Crippen LogP contribution in [0.15, 0.2) is 42.7 Å². The summed E-state index contributed by atoms with van der Waals surface area (Å²) in [6.07, 6.45) is 5.28. The summed E-state index contributed by atoms with van der Waals surface area (Å²) in [5, 5.41) is 14.3. The topological polar surface area (TPSA) is 139 Å². The lowest BCUT2D eigenvalue weighted by Crippen LogP contribution is -2.50. The predicted octanol–water partition coefficient (Wildman–Crippen LogP) is 0.943. The minimum atomic E-state index is -3.42. The lowest BCUT2D eigenvalue weighted by molar-refractivity contribution is 0.0947. The van der Waals surface area contributed by atoms with Crippen molar-refractivity contribution in [2.24, 2.45) is 0 Å². The lowest BCUT2D eigenvalue weighted by Gasteiger charge is -2.23. The van der Waals surface area contributed by atoms with Gasteiger partial charge in [-0.15, -0.1) is 10.2 Å². The van der Waals surface area contributed by atoms with Gasteiger partial charge in [-0.2, -0.15) is 0 Å². The molecular formula is C21H20B3N7O3S. The molecule has 1 fully saturated rings. The van der Waals surface area contributed by atoms with Gasteiger partial charge in [0.1, 0.15) is 16.4 Å². The second kappa shape index (κ2) is 8.99. The first-order valence-electron chi connectivity index (χ1n) is 10.6. The van der Waals surface area contributed by atoms with Gasteiger partial charge >= 0.3 is 0 Å². The van der Waals surface area contributed by atoms with E-state index in [1.165, 1.54) is 18.5 Å². The first-order chi connectivity index (χ1) is 16.4. The summed E-state index contributed by atoms with van der Waals surface area (Å²) in [4.78, 5) is 21.4. The Morgan fingerprint density at radius 1 is 1.03 bits per heavy atom. The van der Waals surface area contributed by atoms with Crippen LogP contribution in [-0.2, 0) is 14.6 Å². The smallest absolute Gasteiger partial charge is 0.272 e. The van der Waals surface area contributed by atoms with Crippen LogP contribution in [0.4, 0.5) is 23.1 Å². The maximum Gasteiger partial charge on any atom is 0.272 e. The number of aromatic nitrogens is 4. The molecule has 6 radical (unpaired) electrons. The fraction of sp³-hybridized carbons (Fsp3) is 0.286. The Hall–Kier alpha value is -3.41. The zero-order valence-corrected chi connectivity index (χ0v) is 19.9. The van der Waals surface area contributed by atoms with Crippen LogP contribution in [0.5, 0.6) is 0 Å². The summed E-state index contributed by atoms with van der Waals surface area (Å²) < 4.78 is 24.0. The Labute approximate surface area is 207 Å². The Bertz CT molecular complexity index is 1390. The quantitative estimate of drug-likeness (QED) is 0.400. The molecule has 0 bridgehead atoms. The molecule has 0 aliphatic heterocycles. The zero-order chi connectivity index (χ0) is 25.4. The maximum atomic E-state index is 12.8. The van der Waals surface area contributed by atoms with Crippen LogP contribution in [0.1, 0.15) is 34.5 Å². The van der Waals surface area contributed by atoms with E-state index in [0.29, 0.717) is 24.2 Å². The zero-order valence-electron chi connectivity index (χ0n) is 19.1. The molecule has 0 saturated heterocycles. The molecular weight excluding hydrogens is 463 g/mol. The van der Waals surface area contributed by atoms with Gasteiger partial charge in [0.15, 0.2) is 21.3 Å². The van der Waals surface area contributed by atoms with Crippen molar-refractivity contribution < 1.29 is 13.2 Å². The van der Waals surface area contributed by atoms with Crippen molar-refractivity contribution in [3.05, 3.63) is 59.5 Å².